The van der Waals surface area contributed by atoms with E-state index in [4.69, 9.17) is 17.0 Å². The van der Waals surface area contributed by atoms with Crippen LogP contribution in [-0.2, 0) is 20.8 Å². The van der Waals surface area contributed by atoms with Crippen LogP contribution in [0.5, 0.6) is 0 Å². The molecular formula is C21H36Cl2Si2Zr+2. The summed E-state index contributed by atoms with van der Waals surface area (Å²) in [6.07, 6.45) is 7.15. The van der Waals surface area contributed by atoms with Gasteiger partial charge >= 0.3 is 37.9 Å². The molecule has 0 saturated heterocycles. The van der Waals surface area contributed by atoms with Gasteiger partial charge in [0.1, 0.15) is 0 Å². The van der Waals surface area contributed by atoms with Gasteiger partial charge in [0.05, 0.1) is 16.1 Å². The predicted molar refractivity (Wildman–Crippen MR) is 122 cm³/mol. The van der Waals surface area contributed by atoms with E-state index in [1.807, 2.05) is 0 Å². The van der Waals surface area contributed by atoms with Crippen molar-refractivity contribution in [1.82, 2.24) is 0 Å². The average molecular weight is 507 g/mol. The third kappa shape index (κ3) is 8.72. The van der Waals surface area contributed by atoms with Crippen molar-refractivity contribution in [3.63, 3.8) is 0 Å². The number of rotatable bonds is 2. The summed E-state index contributed by atoms with van der Waals surface area (Å²) in [5, 5.41) is 0. The van der Waals surface area contributed by atoms with Crippen LogP contribution in [0.2, 0.25) is 39.3 Å². The maximum atomic E-state index is 4.93. The van der Waals surface area contributed by atoms with E-state index in [-0.39, 0.29) is 0 Å². The van der Waals surface area contributed by atoms with Crippen molar-refractivity contribution < 1.29 is 20.8 Å². The van der Waals surface area contributed by atoms with Gasteiger partial charge in [0.25, 0.3) is 0 Å². The average Bonchev–Trinajstić information content (AvgIpc) is 3.07. The van der Waals surface area contributed by atoms with Crippen LogP contribution in [0.1, 0.15) is 34.6 Å². The number of hydrogen-bond acceptors (Lipinski definition) is 0. The Hall–Kier alpha value is 1.90. The van der Waals surface area contributed by atoms with E-state index >= 15 is 0 Å². The van der Waals surface area contributed by atoms with Gasteiger partial charge in [-0.15, -0.1) is 0 Å². The molecule has 2 fully saturated rings. The molecule has 0 nitrogen and oxygen atoms in total. The van der Waals surface area contributed by atoms with E-state index in [2.05, 4.69) is 93.2 Å². The van der Waals surface area contributed by atoms with Crippen LogP contribution in [0.4, 0.5) is 0 Å². The first kappa shape index (κ1) is 27.9. The van der Waals surface area contributed by atoms with Crippen molar-refractivity contribution in [3.05, 3.63) is 59.9 Å². The van der Waals surface area contributed by atoms with E-state index in [1.165, 1.54) is 29.6 Å². The molecule has 26 heavy (non-hydrogen) atoms. The molecule has 0 aliphatic heterocycles. The Morgan fingerprint density at radius 3 is 0.885 bits per heavy atom. The van der Waals surface area contributed by atoms with Crippen molar-refractivity contribution >= 4 is 33.2 Å². The summed E-state index contributed by atoms with van der Waals surface area (Å²) in [7, 11) is 7.73. The van der Waals surface area contributed by atoms with Crippen LogP contribution in [0.3, 0.4) is 0 Å². The first-order valence-electron chi connectivity index (χ1n) is 9.12. The molecule has 0 aromatic carbocycles. The predicted octanol–water partition coefficient (Wildman–Crippen LogP) is 7.87. The summed E-state index contributed by atoms with van der Waals surface area (Å²) in [4.78, 5) is 0. The summed E-state index contributed by atoms with van der Waals surface area (Å²) >= 11 is -0.826. The van der Waals surface area contributed by atoms with Crippen molar-refractivity contribution in [3.8, 4) is 0 Å². The Balaban J connectivity index is 0.000000428. The second kappa shape index (κ2) is 11.9. The zero-order valence-corrected chi connectivity index (χ0v) is 24.5. The van der Waals surface area contributed by atoms with Crippen molar-refractivity contribution in [2.24, 2.45) is 0 Å². The molecule has 0 atom stereocenters. The molecule has 10 radical (unpaired) electrons. The Bertz CT molecular complexity index is 328. The molecule has 0 amide bonds. The standard InChI is InChI=1S/C11H21Si2.C10H15.2ClH.Zr/c1-12(2,3)10-7-8-11(9-10)13(4,5)6;1-6-7(2)9(4)10(5)8(6)3;;;/h7-9H,1-6H3;1-5H3;2*1H;/q;;;;+4/p-2. The van der Waals surface area contributed by atoms with Crippen molar-refractivity contribution in [1.29, 1.82) is 0 Å². The molecule has 0 spiro atoms. The Kier molecular flexibility index (Phi) is 12.8. The normalized spacial score (nSPS) is 22.7. The zero-order valence-electron chi connectivity index (χ0n) is 18.5. The quantitative estimate of drug-likeness (QED) is 0.334. The van der Waals surface area contributed by atoms with Crippen LogP contribution >= 0.6 is 17.0 Å². The van der Waals surface area contributed by atoms with Gasteiger partial charge in [0.2, 0.25) is 0 Å². The Morgan fingerprint density at radius 1 is 0.577 bits per heavy atom. The summed E-state index contributed by atoms with van der Waals surface area (Å²) in [5.41, 5.74) is 3.23. The monoisotopic (exact) mass is 504 g/mol. The van der Waals surface area contributed by atoms with E-state index in [0.29, 0.717) is 0 Å². The van der Waals surface area contributed by atoms with Gasteiger partial charge in [-0.05, 0) is 59.9 Å². The van der Waals surface area contributed by atoms with Gasteiger partial charge in [-0.3, -0.25) is 0 Å². The molecular weight excluding hydrogens is 471 g/mol. The minimum absolute atomic E-state index is 0.826. The van der Waals surface area contributed by atoms with E-state index in [9.17, 15) is 0 Å². The van der Waals surface area contributed by atoms with Crippen LogP contribution in [0.15, 0.2) is 0 Å². The minimum atomic E-state index is -1.07. The van der Waals surface area contributed by atoms with E-state index in [1.54, 1.807) is 11.1 Å². The van der Waals surface area contributed by atoms with Gasteiger partial charge in [-0.25, -0.2) is 0 Å². The fourth-order valence-corrected chi connectivity index (χ4v) is 5.27. The van der Waals surface area contributed by atoms with E-state index in [0.717, 1.165) is 0 Å². The van der Waals surface area contributed by atoms with Crippen molar-refractivity contribution in [2.75, 3.05) is 0 Å². The maximum absolute atomic E-state index is 4.93. The summed E-state index contributed by atoms with van der Waals surface area (Å²) < 4.78 is 0. The molecule has 0 unspecified atom stereocenters. The molecule has 2 rings (SSSR count). The molecule has 2 saturated carbocycles. The number of halogens is 2. The first-order valence-corrected chi connectivity index (χ1v) is 22.4. The van der Waals surface area contributed by atoms with Gasteiger partial charge in [-0.2, -0.15) is 0 Å². The van der Waals surface area contributed by atoms with Crippen molar-refractivity contribution in [2.45, 2.75) is 73.9 Å². The number of hydrogen-bond donors (Lipinski definition) is 0. The second-order valence-electron chi connectivity index (χ2n) is 9.08. The summed E-state index contributed by atoms with van der Waals surface area (Å²) in [6, 6.07) is 0. The van der Waals surface area contributed by atoms with Gasteiger partial charge in [0, 0.05) is 0 Å². The Morgan fingerprint density at radius 2 is 0.769 bits per heavy atom. The molecule has 5 heteroatoms. The third-order valence-corrected chi connectivity index (χ3v) is 9.38. The molecule has 0 heterocycles. The molecule has 2 aliphatic carbocycles. The first-order chi connectivity index (χ1) is 11.7. The molecule has 0 bridgehead atoms. The van der Waals surface area contributed by atoms with Crippen LogP contribution in [-0.4, -0.2) is 16.1 Å². The molecule has 0 N–H and O–H groups in total. The van der Waals surface area contributed by atoms with Crippen LogP contribution in [0, 0.1) is 59.9 Å². The molecule has 144 valence electrons. The molecule has 0 aromatic rings. The fourth-order valence-electron chi connectivity index (χ4n) is 2.78. The van der Waals surface area contributed by atoms with Crippen LogP contribution in [0.25, 0.3) is 0 Å². The zero-order chi connectivity index (χ0) is 20.9. The van der Waals surface area contributed by atoms with Gasteiger partial charge in [0.15, 0.2) is 0 Å². The fraction of sp³-hybridized carbons (Fsp3) is 0.524. The van der Waals surface area contributed by atoms with Gasteiger partial charge in [-0.1, -0.05) is 73.9 Å². The third-order valence-electron chi connectivity index (χ3n) is 5.30. The van der Waals surface area contributed by atoms with Gasteiger partial charge < -0.3 is 0 Å². The van der Waals surface area contributed by atoms with E-state index < -0.39 is 37.0 Å². The SMILES string of the molecule is C[C]1[C](C)[C](C)[C](C)[C]1C.C[Si](C)(C)[C]1[CH][CH][C]([Si](C)(C)C)[CH]1.[Cl][Zr+2][Cl]. The second-order valence-corrected chi connectivity index (χ2v) is 23.0. The Labute approximate surface area is 186 Å². The topological polar surface area (TPSA) is 0 Å². The van der Waals surface area contributed by atoms with Crippen LogP contribution < -0.4 is 0 Å². The summed E-state index contributed by atoms with van der Waals surface area (Å²) in [6.45, 7) is 25.5. The summed E-state index contributed by atoms with van der Waals surface area (Å²) in [5.74, 6) is 7.34. The molecule has 0 aromatic heterocycles. The molecule has 2 aliphatic rings.